The highest BCUT2D eigenvalue weighted by molar-refractivity contribution is 5.22. The molecule has 1 aromatic heterocycles. The molecule has 0 aliphatic rings. The van der Waals surface area contributed by atoms with Crippen LogP contribution in [0.3, 0.4) is 0 Å². The molecule has 0 saturated carbocycles. The van der Waals surface area contributed by atoms with Crippen LogP contribution in [0.4, 0.5) is 0 Å². The Bertz CT molecular complexity index is 415. The molecule has 0 saturated heterocycles. The lowest BCUT2D eigenvalue weighted by Gasteiger charge is -2.16. The minimum atomic E-state index is 0.590. The number of hydrogen-bond acceptors (Lipinski definition) is 0. The summed E-state index contributed by atoms with van der Waals surface area (Å²) in [6.07, 6.45) is 24.0. The van der Waals surface area contributed by atoms with Crippen molar-refractivity contribution in [2.75, 3.05) is 0 Å². The molecule has 1 unspecified atom stereocenters. The van der Waals surface area contributed by atoms with Gasteiger partial charge in [-0.2, -0.15) is 0 Å². The minimum Gasteiger partial charge on any atom is -0.364 e. The number of H-pyrrole nitrogens is 1. The van der Waals surface area contributed by atoms with Crippen molar-refractivity contribution in [3.05, 3.63) is 35.7 Å². The first kappa shape index (κ1) is 22.1. The molecule has 0 fully saturated rings. The molecule has 0 aliphatic heterocycles. The molecule has 0 aliphatic carbocycles. The van der Waals surface area contributed by atoms with Gasteiger partial charge < -0.3 is 4.98 Å². The summed E-state index contributed by atoms with van der Waals surface area (Å²) >= 11 is 0. The molecule has 25 heavy (non-hydrogen) atoms. The van der Waals surface area contributed by atoms with E-state index in [9.17, 15) is 0 Å². The van der Waals surface area contributed by atoms with Crippen LogP contribution in [0.5, 0.6) is 0 Å². The highest BCUT2D eigenvalue weighted by atomic mass is 14.7. The van der Waals surface area contributed by atoms with Gasteiger partial charge in [-0.05, 0) is 38.3 Å². The molecule has 1 heterocycles. The monoisotopic (exact) mass is 345 g/mol. The maximum absolute atomic E-state index is 3.41. The molecule has 144 valence electrons. The third-order valence-corrected chi connectivity index (χ3v) is 5.40. The van der Waals surface area contributed by atoms with Gasteiger partial charge >= 0.3 is 0 Å². The molecule has 1 heteroatoms. The number of aromatic amines is 1. The fraction of sp³-hybridized carbons (Fsp3) is 0.750. The fourth-order valence-electron chi connectivity index (χ4n) is 3.76. The summed E-state index contributed by atoms with van der Waals surface area (Å²) in [4.78, 5) is 3.41. The predicted octanol–water partition coefficient (Wildman–Crippen LogP) is 8.55. The second kappa shape index (κ2) is 15.3. The van der Waals surface area contributed by atoms with Gasteiger partial charge in [-0.1, -0.05) is 96.1 Å². The zero-order chi connectivity index (χ0) is 18.2. The van der Waals surface area contributed by atoms with Gasteiger partial charge in [0.25, 0.3) is 0 Å². The van der Waals surface area contributed by atoms with Crippen molar-refractivity contribution >= 4 is 0 Å². The molecule has 1 atom stereocenters. The molecule has 1 aromatic rings. The van der Waals surface area contributed by atoms with Crippen LogP contribution >= 0.6 is 0 Å². The molecule has 0 spiro atoms. The summed E-state index contributed by atoms with van der Waals surface area (Å²) < 4.78 is 0. The topological polar surface area (TPSA) is 15.8 Å². The van der Waals surface area contributed by atoms with E-state index >= 15 is 0 Å². The lowest BCUT2D eigenvalue weighted by Crippen LogP contribution is -2.00. The van der Waals surface area contributed by atoms with Crippen molar-refractivity contribution in [1.82, 2.24) is 4.98 Å². The summed E-state index contributed by atoms with van der Waals surface area (Å²) in [6, 6.07) is 4.36. The van der Waals surface area contributed by atoms with Crippen LogP contribution in [0.15, 0.2) is 30.0 Å². The Kier molecular flexibility index (Phi) is 13.5. The average molecular weight is 346 g/mol. The Morgan fingerprint density at radius 3 is 2.00 bits per heavy atom. The number of nitrogens with one attached hydrogen (secondary N) is 1. The zero-order valence-electron chi connectivity index (χ0n) is 17.3. The van der Waals surface area contributed by atoms with E-state index in [4.69, 9.17) is 0 Å². The normalized spacial score (nSPS) is 13.3. The SMILES string of the molecule is CCCCCCCCCCCCCC=C(C)C(CCC)c1ccc[nH]1. The maximum Gasteiger partial charge on any atom is 0.0219 e. The second-order valence-corrected chi connectivity index (χ2v) is 7.74. The van der Waals surface area contributed by atoms with Crippen LogP contribution in [0, 0.1) is 0 Å². The predicted molar refractivity (Wildman–Crippen MR) is 113 cm³/mol. The molecule has 0 bridgehead atoms. The Hall–Kier alpha value is -0.980. The van der Waals surface area contributed by atoms with E-state index < -0.39 is 0 Å². The van der Waals surface area contributed by atoms with E-state index in [-0.39, 0.29) is 0 Å². The number of rotatable bonds is 16. The standard InChI is InChI=1S/C24H43N/c1-4-6-7-8-9-10-11-12-13-14-15-16-19-22(3)23(18-5-2)24-20-17-21-25-24/h17,19-21,23,25H,4-16,18H2,1-3H3. The van der Waals surface area contributed by atoms with E-state index in [1.54, 1.807) is 5.57 Å². The van der Waals surface area contributed by atoms with Crippen molar-refractivity contribution in [3.8, 4) is 0 Å². The molecule has 1 rings (SSSR count). The Morgan fingerprint density at radius 1 is 0.880 bits per heavy atom. The molecule has 0 amide bonds. The number of aromatic nitrogens is 1. The third-order valence-electron chi connectivity index (χ3n) is 5.40. The van der Waals surface area contributed by atoms with E-state index in [1.165, 1.54) is 95.6 Å². The van der Waals surface area contributed by atoms with E-state index in [0.29, 0.717) is 5.92 Å². The van der Waals surface area contributed by atoms with Gasteiger partial charge in [0.1, 0.15) is 0 Å². The van der Waals surface area contributed by atoms with Crippen LogP contribution in [-0.4, -0.2) is 4.98 Å². The summed E-state index contributed by atoms with van der Waals surface area (Å²) in [5.74, 6) is 0.590. The van der Waals surface area contributed by atoms with Gasteiger partial charge in [-0.15, -0.1) is 0 Å². The lowest BCUT2D eigenvalue weighted by atomic mass is 9.91. The fourth-order valence-corrected chi connectivity index (χ4v) is 3.76. The molecular formula is C24H43N. The number of allylic oxidation sites excluding steroid dienone is 2. The van der Waals surface area contributed by atoms with Gasteiger partial charge in [0.15, 0.2) is 0 Å². The first-order valence-electron chi connectivity index (χ1n) is 11.1. The summed E-state index contributed by atoms with van der Waals surface area (Å²) in [5, 5.41) is 0. The Labute approximate surface area is 157 Å². The maximum atomic E-state index is 3.41. The molecule has 0 radical (unpaired) electrons. The van der Waals surface area contributed by atoms with Crippen molar-refractivity contribution < 1.29 is 0 Å². The largest absolute Gasteiger partial charge is 0.364 e. The van der Waals surface area contributed by atoms with Gasteiger partial charge in [0.05, 0.1) is 0 Å². The van der Waals surface area contributed by atoms with Crippen LogP contribution in [-0.2, 0) is 0 Å². The third kappa shape index (κ3) is 10.6. The molecule has 1 nitrogen and oxygen atoms in total. The second-order valence-electron chi connectivity index (χ2n) is 7.74. The van der Waals surface area contributed by atoms with Gasteiger partial charge in [0.2, 0.25) is 0 Å². The quantitative estimate of drug-likeness (QED) is 0.228. The van der Waals surface area contributed by atoms with E-state index in [1.807, 2.05) is 0 Å². The number of hydrogen-bond donors (Lipinski definition) is 1. The molecular weight excluding hydrogens is 302 g/mol. The minimum absolute atomic E-state index is 0.590. The summed E-state index contributed by atoms with van der Waals surface area (Å²) in [5.41, 5.74) is 2.94. The van der Waals surface area contributed by atoms with Crippen molar-refractivity contribution in [1.29, 1.82) is 0 Å². The van der Waals surface area contributed by atoms with Crippen LogP contribution in [0.2, 0.25) is 0 Å². The molecule has 1 N–H and O–H groups in total. The first-order chi connectivity index (χ1) is 12.3. The smallest absolute Gasteiger partial charge is 0.0219 e. The number of unbranched alkanes of at least 4 members (excludes halogenated alkanes) is 11. The lowest BCUT2D eigenvalue weighted by molar-refractivity contribution is 0.550. The first-order valence-corrected chi connectivity index (χ1v) is 11.1. The van der Waals surface area contributed by atoms with Gasteiger partial charge in [-0.3, -0.25) is 0 Å². The van der Waals surface area contributed by atoms with Crippen LogP contribution in [0.1, 0.15) is 122 Å². The van der Waals surface area contributed by atoms with Crippen molar-refractivity contribution in [2.45, 2.75) is 117 Å². The van der Waals surface area contributed by atoms with E-state index in [2.05, 4.69) is 50.2 Å². The highest BCUT2D eigenvalue weighted by Gasteiger charge is 2.12. The highest BCUT2D eigenvalue weighted by Crippen LogP contribution is 2.28. The van der Waals surface area contributed by atoms with Crippen molar-refractivity contribution in [2.24, 2.45) is 0 Å². The summed E-state index contributed by atoms with van der Waals surface area (Å²) in [6.45, 7) is 6.90. The van der Waals surface area contributed by atoms with Crippen LogP contribution in [0.25, 0.3) is 0 Å². The zero-order valence-corrected chi connectivity index (χ0v) is 17.3. The van der Waals surface area contributed by atoms with E-state index in [0.717, 1.165) is 0 Å². The summed E-state index contributed by atoms with van der Waals surface area (Å²) in [7, 11) is 0. The van der Waals surface area contributed by atoms with Crippen molar-refractivity contribution in [3.63, 3.8) is 0 Å². The average Bonchev–Trinajstić information content (AvgIpc) is 3.14. The Morgan fingerprint density at radius 2 is 1.48 bits per heavy atom. The van der Waals surface area contributed by atoms with Crippen LogP contribution < -0.4 is 0 Å². The molecule has 0 aromatic carbocycles. The van der Waals surface area contributed by atoms with Gasteiger partial charge in [0, 0.05) is 17.8 Å². The Balaban J connectivity index is 2.06. The van der Waals surface area contributed by atoms with Gasteiger partial charge in [-0.25, -0.2) is 0 Å².